The Labute approximate surface area is 134 Å². The van der Waals surface area contributed by atoms with Crippen molar-refractivity contribution in [1.82, 2.24) is 19.9 Å². The van der Waals surface area contributed by atoms with Gasteiger partial charge in [-0.15, -0.1) is 0 Å². The summed E-state index contributed by atoms with van der Waals surface area (Å²) in [6.07, 6.45) is 1.09. The Kier molecular flexibility index (Phi) is 5.99. The van der Waals surface area contributed by atoms with E-state index in [0.717, 1.165) is 51.0 Å². The molecule has 0 bridgehead atoms. The van der Waals surface area contributed by atoms with Gasteiger partial charge in [0.2, 0.25) is 0 Å². The first-order valence-corrected chi connectivity index (χ1v) is 8.90. The van der Waals surface area contributed by atoms with Crippen LogP contribution in [0.25, 0.3) is 0 Å². The van der Waals surface area contributed by atoms with Crippen LogP contribution in [0.1, 0.15) is 29.2 Å². The molecule has 0 spiro atoms. The highest BCUT2D eigenvalue weighted by Gasteiger charge is 2.03. The van der Waals surface area contributed by atoms with Gasteiger partial charge in [-0.25, -0.2) is 19.9 Å². The molecule has 112 valence electrons. The highest BCUT2D eigenvalue weighted by Crippen LogP contribution is 2.19. The molecule has 0 aliphatic heterocycles. The third kappa shape index (κ3) is 5.63. The molecule has 2 rings (SSSR count). The minimum atomic E-state index is 0.875. The number of aryl methyl sites for hydroxylation is 4. The number of hydrogen-bond donors (Lipinski definition) is 0. The summed E-state index contributed by atoms with van der Waals surface area (Å²) in [6, 6.07) is 3.99. The van der Waals surface area contributed by atoms with Gasteiger partial charge in [-0.3, -0.25) is 0 Å². The molecule has 2 aromatic rings. The van der Waals surface area contributed by atoms with Crippen molar-refractivity contribution in [2.24, 2.45) is 0 Å². The van der Waals surface area contributed by atoms with E-state index in [1.165, 1.54) is 0 Å². The van der Waals surface area contributed by atoms with Gasteiger partial charge in [-0.05, 0) is 46.2 Å². The van der Waals surface area contributed by atoms with Crippen molar-refractivity contribution >= 4 is 23.5 Å². The molecule has 0 fully saturated rings. The van der Waals surface area contributed by atoms with Crippen LogP contribution in [0.15, 0.2) is 22.4 Å². The maximum absolute atomic E-state index is 4.43. The lowest BCUT2D eigenvalue weighted by atomic mass is 10.4. The van der Waals surface area contributed by atoms with E-state index in [1.807, 2.05) is 39.8 Å². The zero-order chi connectivity index (χ0) is 15.2. The number of hydrogen-bond acceptors (Lipinski definition) is 6. The Bertz CT molecular complexity index is 523. The van der Waals surface area contributed by atoms with Crippen LogP contribution >= 0.6 is 23.5 Å². The van der Waals surface area contributed by atoms with E-state index in [1.54, 1.807) is 23.5 Å². The SMILES string of the molecule is Cc1cc(C)nc(SCCCSc2nc(C)cc(C)n2)n1. The van der Waals surface area contributed by atoms with Gasteiger partial charge in [0.15, 0.2) is 10.3 Å². The van der Waals surface area contributed by atoms with E-state index in [4.69, 9.17) is 0 Å². The second-order valence-electron chi connectivity index (χ2n) is 4.92. The average Bonchev–Trinajstić information content (AvgIpc) is 2.36. The fourth-order valence-corrected chi connectivity index (χ4v) is 3.86. The van der Waals surface area contributed by atoms with Gasteiger partial charge in [-0.1, -0.05) is 23.5 Å². The smallest absolute Gasteiger partial charge is 0.187 e. The standard InChI is InChI=1S/C15H20N4S2/c1-10-8-11(2)17-14(16-10)20-6-5-7-21-15-18-12(3)9-13(4)19-15/h8-9H,5-7H2,1-4H3. The number of thioether (sulfide) groups is 2. The van der Waals surface area contributed by atoms with E-state index in [2.05, 4.69) is 19.9 Å². The Hall–Kier alpha value is -1.14. The van der Waals surface area contributed by atoms with Gasteiger partial charge in [0, 0.05) is 34.3 Å². The molecule has 0 aliphatic carbocycles. The quantitative estimate of drug-likeness (QED) is 0.459. The number of aromatic nitrogens is 4. The molecule has 0 N–H and O–H groups in total. The fraction of sp³-hybridized carbons (Fsp3) is 0.467. The summed E-state index contributed by atoms with van der Waals surface area (Å²) in [7, 11) is 0. The van der Waals surface area contributed by atoms with Crippen LogP contribution < -0.4 is 0 Å². The molecule has 0 aliphatic rings. The first kappa shape index (κ1) is 16.2. The van der Waals surface area contributed by atoms with Gasteiger partial charge in [0.25, 0.3) is 0 Å². The normalized spacial score (nSPS) is 10.9. The molecular formula is C15H20N4S2. The minimum absolute atomic E-state index is 0.875. The molecule has 0 saturated carbocycles. The Balaban J connectivity index is 1.74. The molecule has 0 radical (unpaired) electrons. The average molecular weight is 320 g/mol. The number of nitrogens with zero attached hydrogens (tertiary/aromatic N) is 4. The van der Waals surface area contributed by atoms with Crippen molar-refractivity contribution in [3.63, 3.8) is 0 Å². The van der Waals surface area contributed by atoms with Gasteiger partial charge in [0.05, 0.1) is 0 Å². The second-order valence-corrected chi connectivity index (χ2v) is 7.04. The van der Waals surface area contributed by atoms with Crippen molar-refractivity contribution in [3.8, 4) is 0 Å². The lowest BCUT2D eigenvalue weighted by Crippen LogP contribution is -1.96. The summed E-state index contributed by atoms with van der Waals surface area (Å²) in [5.41, 5.74) is 4.12. The van der Waals surface area contributed by atoms with Crippen molar-refractivity contribution in [2.45, 2.75) is 44.4 Å². The third-order valence-electron chi connectivity index (χ3n) is 2.67. The maximum atomic E-state index is 4.43. The lowest BCUT2D eigenvalue weighted by Gasteiger charge is -2.04. The van der Waals surface area contributed by atoms with Crippen LogP contribution in [0.3, 0.4) is 0 Å². The van der Waals surface area contributed by atoms with E-state index >= 15 is 0 Å². The van der Waals surface area contributed by atoms with E-state index in [9.17, 15) is 0 Å². The molecule has 0 atom stereocenters. The Morgan fingerprint density at radius 3 is 1.33 bits per heavy atom. The first-order chi connectivity index (χ1) is 10.0. The van der Waals surface area contributed by atoms with Crippen molar-refractivity contribution in [2.75, 3.05) is 11.5 Å². The zero-order valence-corrected chi connectivity index (χ0v) is 14.5. The first-order valence-electron chi connectivity index (χ1n) is 6.93. The molecule has 0 amide bonds. The minimum Gasteiger partial charge on any atom is -0.228 e. The molecule has 4 nitrogen and oxygen atoms in total. The van der Waals surface area contributed by atoms with Gasteiger partial charge < -0.3 is 0 Å². The van der Waals surface area contributed by atoms with Crippen LogP contribution in [-0.4, -0.2) is 31.4 Å². The van der Waals surface area contributed by atoms with Crippen molar-refractivity contribution < 1.29 is 0 Å². The summed E-state index contributed by atoms with van der Waals surface area (Å²) in [6.45, 7) is 8.02. The van der Waals surface area contributed by atoms with Crippen LogP contribution in [0, 0.1) is 27.7 Å². The predicted octanol–water partition coefficient (Wildman–Crippen LogP) is 3.77. The highest BCUT2D eigenvalue weighted by atomic mass is 32.2. The largest absolute Gasteiger partial charge is 0.228 e. The lowest BCUT2D eigenvalue weighted by molar-refractivity contribution is 0.896. The maximum Gasteiger partial charge on any atom is 0.187 e. The van der Waals surface area contributed by atoms with E-state index in [-0.39, 0.29) is 0 Å². The Morgan fingerprint density at radius 2 is 1.00 bits per heavy atom. The number of rotatable bonds is 6. The monoisotopic (exact) mass is 320 g/mol. The molecule has 2 heterocycles. The summed E-state index contributed by atoms with van der Waals surface area (Å²) in [5, 5.41) is 1.75. The van der Waals surface area contributed by atoms with Crippen molar-refractivity contribution in [1.29, 1.82) is 0 Å². The molecular weight excluding hydrogens is 300 g/mol. The topological polar surface area (TPSA) is 51.6 Å². The fourth-order valence-electron chi connectivity index (χ4n) is 1.90. The van der Waals surface area contributed by atoms with Crippen LogP contribution in [-0.2, 0) is 0 Å². The molecule has 0 saturated heterocycles. The van der Waals surface area contributed by atoms with Gasteiger partial charge in [-0.2, -0.15) is 0 Å². The van der Waals surface area contributed by atoms with Crippen LogP contribution in [0.5, 0.6) is 0 Å². The molecule has 2 aromatic heterocycles. The van der Waals surface area contributed by atoms with Gasteiger partial charge in [0.1, 0.15) is 0 Å². The summed E-state index contributed by atoms with van der Waals surface area (Å²) in [5.74, 6) is 2.03. The van der Waals surface area contributed by atoms with Crippen molar-refractivity contribution in [3.05, 3.63) is 34.9 Å². The second kappa shape index (κ2) is 7.75. The molecule has 0 aromatic carbocycles. The van der Waals surface area contributed by atoms with Crippen LogP contribution in [0.2, 0.25) is 0 Å². The molecule has 6 heteroatoms. The molecule has 0 unspecified atom stereocenters. The predicted molar refractivity (Wildman–Crippen MR) is 89.1 cm³/mol. The highest BCUT2D eigenvalue weighted by molar-refractivity contribution is 8.00. The van der Waals surface area contributed by atoms with Crippen LogP contribution in [0.4, 0.5) is 0 Å². The Morgan fingerprint density at radius 1 is 0.667 bits per heavy atom. The zero-order valence-electron chi connectivity index (χ0n) is 12.9. The van der Waals surface area contributed by atoms with E-state index < -0.39 is 0 Å². The third-order valence-corrected chi connectivity index (χ3v) is 4.54. The summed E-state index contributed by atoms with van der Waals surface area (Å²) >= 11 is 3.43. The van der Waals surface area contributed by atoms with E-state index in [0.29, 0.717) is 0 Å². The van der Waals surface area contributed by atoms with Gasteiger partial charge >= 0.3 is 0 Å². The molecule has 21 heavy (non-hydrogen) atoms. The summed E-state index contributed by atoms with van der Waals surface area (Å²) < 4.78 is 0. The summed E-state index contributed by atoms with van der Waals surface area (Å²) in [4.78, 5) is 17.7.